The van der Waals surface area contributed by atoms with Crippen LogP contribution >= 0.6 is 0 Å². The summed E-state index contributed by atoms with van der Waals surface area (Å²) in [5.41, 5.74) is 0.206. The van der Waals surface area contributed by atoms with Crippen molar-refractivity contribution in [2.24, 2.45) is 0 Å². The summed E-state index contributed by atoms with van der Waals surface area (Å²) in [5, 5.41) is 17.1. The van der Waals surface area contributed by atoms with Crippen LogP contribution in [-0.4, -0.2) is 36.6 Å². The molecule has 0 aromatic heterocycles. The summed E-state index contributed by atoms with van der Waals surface area (Å²) in [4.78, 5) is 22.5. The van der Waals surface area contributed by atoms with Crippen LogP contribution in [0.3, 0.4) is 0 Å². The fraction of sp³-hybridized carbons (Fsp3) is 0.500. The van der Waals surface area contributed by atoms with Gasteiger partial charge in [-0.2, -0.15) is 0 Å². The molecule has 0 saturated carbocycles. The molecule has 1 aliphatic rings. The van der Waals surface area contributed by atoms with Gasteiger partial charge in [-0.05, 0) is 32.4 Å². The Labute approximate surface area is 122 Å². The molecular formula is C14H19N3O4. The molecule has 1 aromatic carbocycles. The van der Waals surface area contributed by atoms with Gasteiger partial charge in [0.15, 0.2) is 5.75 Å². The van der Waals surface area contributed by atoms with E-state index in [2.05, 4.69) is 10.6 Å². The van der Waals surface area contributed by atoms with Crippen molar-refractivity contribution < 1.29 is 14.5 Å². The molecular weight excluding hydrogens is 274 g/mol. The number of rotatable bonds is 4. The maximum atomic E-state index is 12.2. The van der Waals surface area contributed by atoms with Gasteiger partial charge in [-0.1, -0.05) is 0 Å². The lowest BCUT2D eigenvalue weighted by Gasteiger charge is -2.30. The van der Waals surface area contributed by atoms with E-state index >= 15 is 0 Å². The standard InChI is InChI=1S/C14H19N3O4/c1-9-11(4-3-7-15-9)16-14(18)10-5-6-12(17(19)20)13(8-10)21-2/h5-6,8-9,11,15H,3-4,7H2,1-2H3,(H,16,18). The minimum absolute atomic E-state index is 0.0624. The second-order valence-electron chi connectivity index (χ2n) is 5.11. The van der Waals surface area contributed by atoms with Crippen LogP contribution in [0.25, 0.3) is 0 Å². The number of hydrogen-bond donors (Lipinski definition) is 2. The van der Waals surface area contributed by atoms with E-state index in [0.29, 0.717) is 5.56 Å². The largest absolute Gasteiger partial charge is 0.490 e. The van der Waals surface area contributed by atoms with Gasteiger partial charge in [0.2, 0.25) is 0 Å². The number of methoxy groups -OCH3 is 1. The number of nitrogens with zero attached hydrogens (tertiary/aromatic N) is 1. The summed E-state index contributed by atoms with van der Waals surface area (Å²) in [5.74, 6) is -0.161. The highest BCUT2D eigenvalue weighted by Gasteiger charge is 2.24. The molecule has 1 heterocycles. The molecule has 2 atom stereocenters. The lowest BCUT2D eigenvalue weighted by atomic mass is 9.99. The minimum atomic E-state index is -0.534. The second kappa shape index (κ2) is 6.53. The first kappa shape index (κ1) is 15.2. The molecule has 0 aliphatic carbocycles. The van der Waals surface area contributed by atoms with Gasteiger partial charge in [0.25, 0.3) is 5.91 Å². The van der Waals surface area contributed by atoms with E-state index in [0.717, 1.165) is 19.4 Å². The van der Waals surface area contributed by atoms with Crippen LogP contribution in [0.5, 0.6) is 5.75 Å². The number of ether oxygens (including phenoxy) is 1. The Morgan fingerprint density at radius 2 is 2.29 bits per heavy atom. The molecule has 0 bridgehead atoms. The van der Waals surface area contributed by atoms with Crippen molar-refractivity contribution in [2.75, 3.05) is 13.7 Å². The van der Waals surface area contributed by atoms with Gasteiger partial charge in [0.05, 0.1) is 12.0 Å². The predicted molar refractivity (Wildman–Crippen MR) is 77.6 cm³/mol. The molecule has 0 radical (unpaired) electrons. The van der Waals surface area contributed by atoms with Gasteiger partial charge in [-0.3, -0.25) is 14.9 Å². The Bertz CT molecular complexity index is 547. The Morgan fingerprint density at radius 3 is 2.90 bits per heavy atom. The van der Waals surface area contributed by atoms with Crippen LogP contribution < -0.4 is 15.4 Å². The van der Waals surface area contributed by atoms with Crippen LogP contribution in [-0.2, 0) is 0 Å². The summed E-state index contributed by atoms with van der Waals surface area (Å²) in [6.07, 6.45) is 1.93. The predicted octanol–water partition coefficient (Wildman–Crippen LogP) is 1.47. The fourth-order valence-electron chi connectivity index (χ4n) is 2.46. The monoisotopic (exact) mass is 293 g/mol. The maximum Gasteiger partial charge on any atom is 0.310 e. The van der Waals surface area contributed by atoms with Crippen LogP contribution in [0.4, 0.5) is 5.69 Å². The third-order valence-corrected chi connectivity index (χ3v) is 3.72. The molecule has 1 aromatic rings. The van der Waals surface area contributed by atoms with Crippen molar-refractivity contribution in [3.8, 4) is 5.75 Å². The number of piperidine rings is 1. The van der Waals surface area contributed by atoms with Gasteiger partial charge < -0.3 is 15.4 Å². The highest BCUT2D eigenvalue weighted by atomic mass is 16.6. The van der Waals surface area contributed by atoms with Crippen LogP contribution in [0.15, 0.2) is 18.2 Å². The number of benzene rings is 1. The summed E-state index contributed by atoms with van der Waals surface area (Å²) < 4.78 is 4.97. The topological polar surface area (TPSA) is 93.5 Å². The summed E-state index contributed by atoms with van der Waals surface area (Å²) in [6.45, 7) is 2.99. The zero-order valence-corrected chi connectivity index (χ0v) is 12.1. The number of carbonyl (C=O) groups is 1. The van der Waals surface area contributed by atoms with Crippen molar-refractivity contribution in [3.05, 3.63) is 33.9 Å². The molecule has 1 saturated heterocycles. The lowest BCUT2D eigenvalue weighted by Crippen LogP contribution is -2.51. The average molecular weight is 293 g/mol. The third kappa shape index (κ3) is 3.49. The quantitative estimate of drug-likeness (QED) is 0.647. The normalized spacial score (nSPS) is 21.6. The molecule has 114 valence electrons. The van der Waals surface area contributed by atoms with E-state index in [4.69, 9.17) is 4.74 Å². The molecule has 0 spiro atoms. The van der Waals surface area contributed by atoms with Crippen molar-refractivity contribution in [3.63, 3.8) is 0 Å². The van der Waals surface area contributed by atoms with E-state index < -0.39 is 4.92 Å². The lowest BCUT2D eigenvalue weighted by molar-refractivity contribution is -0.385. The maximum absolute atomic E-state index is 12.2. The van der Waals surface area contributed by atoms with Crippen LogP contribution in [0.1, 0.15) is 30.1 Å². The Kier molecular flexibility index (Phi) is 4.74. The van der Waals surface area contributed by atoms with Crippen LogP contribution in [0.2, 0.25) is 0 Å². The van der Waals surface area contributed by atoms with E-state index in [9.17, 15) is 14.9 Å². The number of carbonyl (C=O) groups excluding carboxylic acids is 1. The molecule has 2 N–H and O–H groups in total. The van der Waals surface area contributed by atoms with Crippen molar-refractivity contribution in [1.82, 2.24) is 10.6 Å². The van der Waals surface area contributed by atoms with Crippen molar-refractivity contribution in [1.29, 1.82) is 0 Å². The first-order valence-corrected chi connectivity index (χ1v) is 6.89. The SMILES string of the molecule is COc1cc(C(=O)NC2CCCNC2C)ccc1[N+](=O)[O-]. The minimum Gasteiger partial charge on any atom is -0.490 e. The number of hydrogen-bond acceptors (Lipinski definition) is 5. The number of nitro groups is 1. The molecule has 2 unspecified atom stereocenters. The van der Waals surface area contributed by atoms with Crippen LogP contribution in [0, 0.1) is 10.1 Å². The van der Waals surface area contributed by atoms with Gasteiger partial charge in [0.1, 0.15) is 0 Å². The molecule has 7 nitrogen and oxygen atoms in total. The molecule has 7 heteroatoms. The third-order valence-electron chi connectivity index (χ3n) is 3.72. The molecule has 1 fully saturated rings. The summed E-state index contributed by atoms with van der Waals surface area (Å²) >= 11 is 0. The summed E-state index contributed by atoms with van der Waals surface area (Å²) in [6, 6.07) is 4.40. The van der Waals surface area contributed by atoms with Gasteiger partial charge in [-0.25, -0.2) is 0 Å². The van der Waals surface area contributed by atoms with Gasteiger partial charge >= 0.3 is 5.69 Å². The highest BCUT2D eigenvalue weighted by Crippen LogP contribution is 2.27. The highest BCUT2D eigenvalue weighted by molar-refractivity contribution is 5.95. The summed E-state index contributed by atoms with van der Waals surface area (Å²) in [7, 11) is 1.34. The van der Waals surface area contributed by atoms with Crippen molar-refractivity contribution in [2.45, 2.75) is 31.8 Å². The molecule has 1 amide bonds. The Hall–Kier alpha value is -2.15. The fourth-order valence-corrected chi connectivity index (χ4v) is 2.46. The average Bonchev–Trinajstić information content (AvgIpc) is 2.48. The van der Waals surface area contributed by atoms with E-state index in [1.807, 2.05) is 6.92 Å². The molecule has 21 heavy (non-hydrogen) atoms. The molecule has 1 aliphatic heterocycles. The Morgan fingerprint density at radius 1 is 1.52 bits per heavy atom. The van der Waals surface area contributed by atoms with Gasteiger partial charge in [0, 0.05) is 29.8 Å². The van der Waals surface area contributed by atoms with Crippen molar-refractivity contribution >= 4 is 11.6 Å². The smallest absolute Gasteiger partial charge is 0.310 e. The van der Waals surface area contributed by atoms with E-state index in [-0.39, 0.29) is 29.4 Å². The van der Waals surface area contributed by atoms with E-state index in [1.54, 1.807) is 0 Å². The van der Waals surface area contributed by atoms with E-state index in [1.165, 1.54) is 25.3 Å². The number of nitrogens with one attached hydrogen (secondary N) is 2. The van der Waals surface area contributed by atoms with Gasteiger partial charge in [-0.15, -0.1) is 0 Å². The zero-order chi connectivity index (χ0) is 15.4. The zero-order valence-electron chi connectivity index (χ0n) is 12.1. The first-order valence-electron chi connectivity index (χ1n) is 6.89. The number of amides is 1. The Balaban J connectivity index is 2.13. The molecule has 2 rings (SSSR count). The second-order valence-corrected chi connectivity index (χ2v) is 5.11. The number of nitro benzene ring substituents is 1. The first-order chi connectivity index (χ1) is 10.0.